The van der Waals surface area contributed by atoms with E-state index in [9.17, 15) is 9.59 Å². The lowest BCUT2D eigenvalue weighted by atomic mass is 10.2. The number of aryl methyl sites for hydroxylation is 1. The smallest absolute Gasteiger partial charge is 0.338 e. The van der Waals surface area contributed by atoms with E-state index in [1.165, 1.54) is 0 Å². The average Bonchev–Trinajstić information content (AvgIpc) is 3.11. The van der Waals surface area contributed by atoms with E-state index in [1.807, 2.05) is 0 Å². The van der Waals surface area contributed by atoms with Gasteiger partial charge < -0.3 is 19.0 Å². The van der Waals surface area contributed by atoms with Crippen LogP contribution in [-0.4, -0.2) is 23.1 Å². The Morgan fingerprint density at radius 2 is 1.96 bits per heavy atom. The summed E-state index contributed by atoms with van der Waals surface area (Å²) in [5, 5.41) is 2.79. The van der Waals surface area contributed by atoms with Crippen molar-refractivity contribution in [1.82, 2.24) is 4.57 Å². The highest BCUT2D eigenvalue weighted by Gasteiger charge is 2.15. The van der Waals surface area contributed by atoms with Gasteiger partial charge in [-0.2, -0.15) is 0 Å². The highest BCUT2D eigenvalue weighted by atomic mass is 16.5. The Hall–Kier alpha value is -3.02. The fourth-order valence-corrected chi connectivity index (χ4v) is 2.37. The van der Waals surface area contributed by atoms with Crippen LogP contribution in [0.4, 0.5) is 5.69 Å². The number of fused-ring (bicyclic) bond motifs is 1. The minimum absolute atomic E-state index is 0.247. The molecule has 1 amide bonds. The van der Waals surface area contributed by atoms with Crippen LogP contribution in [0.25, 0.3) is 11.1 Å². The van der Waals surface area contributed by atoms with Gasteiger partial charge >= 0.3 is 5.97 Å². The number of amides is 1. The zero-order valence-electron chi connectivity index (χ0n) is 12.8. The molecule has 0 aliphatic heterocycles. The normalized spacial score (nSPS) is 10.7. The van der Waals surface area contributed by atoms with Crippen molar-refractivity contribution in [3.8, 4) is 0 Å². The number of benzene rings is 1. The van der Waals surface area contributed by atoms with Gasteiger partial charge in [-0.15, -0.1) is 0 Å². The first-order chi connectivity index (χ1) is 11.1. The number of ether oxygens (including phenoxy) is 1. The minimum Gasteiger partial charge on any atom is -0.463 e. The van der Waals surface area contributed by atoms with E-state index >= 15 is 0 Å². The van der Waals surface area contributed by atoms with Gasteiger partial charge in [-0.1, -0.05) is 0 Å². The zero-order valence-corrected chi connectivity index (χ0v) is 12.8. The molecule has 0 saturated carbocycles. The number of rotatable bonds is 4. The first-order valence-electron chi connectivity index (χ1n) is 7.21. The van der Waals surface area contributed by atoms with Gasteiger partial charge in [0, 0.05) is 24.9 Å². The maximum atomic E-state index is 12.4. The fourth-order valence-electron chi connectivity index (χ4n) is 2.37. The molecule has 0 bridgehead atoms. The van der Waals surface area contributed by atoms with Crippen molar-refractivity contribution in [1.29, 1.82) is 0 Å². The molecule has 23 heavy (non-hydrogen) atoms. The zero-order chi connectivity index (χ0) is 16.4. The lowest BCUT2D eigenvalue weighted by Crippen LogP contribution is -2.15. The Kier molecular flexibility index (Phi) is 3.89. The number of anilines is 1. The van der Waals surface area contributed by atoms with Crippen LogP contribution in [0.5, 0.6) is 0 Å². The van der Waals surface area contributed by atoms with Gasteiger partial charge in [-0.3, -0.25) is 4.79 Å². The van der Waals surface area contributed by atoms with Gasteiger partial charge in [0.15, 0.2) is 5.58 Å². The second kappa shape index (κ2) is 6.00. The first kappa shape index (κ1) is 14.9. The predicted molar refractivity (Wildman–Crippen MR) is 85.5 cm³/mol. The molecule has 1 aromatic carbocycles. The van der Waals surface area contributed by atoms with Crippen molar-refractivity contribution in [2.24, 2.45) is 7.05 Å². The SMILES string of the molecule is CCOC(=O)c1ccc(NC(=O)c2cc3occc3n2C)cc1. The molecule has 0 unspecified atom stereocenters. The summed E-state index contributed by atoms with van der Waals surface area (Å²) in [7, 11) is 1.80. The second-order valence-corrected chi connectivity index (χ2v) is 5.01. The Morgan fingerprint density at radius 3 is 2.61 bits per heavy atom. The molecule has 0 fully saturated rings. The molecule has 2 heterocycles. The number of esters is 1. The van der Waals surface area contributed by atoms with Crippen LogP contribution in [0.1, 0.15) is 27.8 Å². The van der Waals surface area contributed by atoms with E-state index in [-0.39, 0.29) is 11.9 Å². The Bertz CT molecular complexity index is 858. The van der Waals surface area contributed by atoms with Crippen LogP contribution in [0, 0.1) is 0 Å². The summed E-state index contributed by atoms with van der Waals surface area (Å²) in [5.41, 5.74) is 3.05. The van der Waals surface area contributed by atoms with Crippen molar-refractivity contribution in [3.63, 3.8) is 0 Å². The number of carbonyl (C=O) groups excluding carboxylic acids is 2. The van der Waals surface area contributed by atoms with Crippen LogP contribution >= 0.6 is 0 Å². The van der Waals surface area contributed by atoms with E-state index in [0.29, 0.717) is 29.1 Å². The molecule has 3 aromatic rings. The third-order valence-electron chi connectivity index (χ3n) is 3.55. The summed E-state index contributed by atoms with van der Waals surface area (Å²) in [4.78, 5) is 23.9. The topological polar surface area (TPSA) is 73.5 Å². The maximum Gasteiger partial charge on any atom is 0.338 e. The highest BCUT2D eigenvalue weighted by molar-refractivity contribution is 6.06. The largest absolute Gasteiger partial charge is 0.463 e. The van der Waals surface area contributed by atoms with Gasteiger partial charge in [-0.05, 0) is 31.2 Å². The summed E-state index contributed by atoms with van der Waals surface area (Å²) < 4.78 is 12.0. The molecule has 0 spiro atoms. The molecular weight excluding hydrogens is 296 g/mol. The molecule has 0 saturated heterocycles. The molecular formula is C17H16N2O4. The second-order valence-electron chi connectivity index (χ2n) is 5.01. The summed E-state index contributed by atoms with van der Waals surface area (Å²) in [6, 6.07) is 10.1. The summed E-state index contributed by atoms with van der Waals surface area (Å²) in [6.45, 7) is 2.08. The van der Waals surface area contributed by atoms with Crippen LogP contribution < -0.4 is 5.32 Å². The summed E-state index contributed by atoms with van der Waals surface area (Å²) in [6.07, 6.45) is 1.58. The third kappa shape index (κ3) is 2.83. The molecule has 2 aromatic heterocycles. The van der Waals surface area contributed by atoms with E-state index in [1.54, 1.807) is 61.2 Å². The Labute approximate surface area is 132 Å². The van der Waals surface area contributed by atoms with Crippen molar-refractivity contribution >= 4 is 28.7 Å². The number of carbonyl (C=O) groups is 2. The average molecular weight is 312 g/mol. The lowest BCUT2D eigenvalue weighted by Gasteiger charge is -2.07. The van der Waals surface area contributed by atoms with Gasteiger partial charge in [0.25, 0.3) is 5.91 Å². The Morgan fingerprint density at radius 1 is 1.22 bits per heavy atom. The number of hydrogen-bond acceptors (Lipinski definition) is 4. The molecule has 0 aliphatic rings. The predicted octanol–water partition coefficient (Wildman–Crippen LogP) is 3.20. The first-order valence-corrected chi connectivity index (χ1v) is 7.21. The van der Waals surface area contributed by atoms with Crippen LogP contribution in [0.3, 0.4) is 0 Å². The van der Waals surface area contributed by atoms with Gasteiger partial charge in [0.05, 0.1) is 24.0 Å². The Balaban J connectivity index is 1.76. The standard InChI is InChI=1S/C17H16N2O4/c1-3-22-17(21)11-4-6-12(7-5-11)18-16(20)14-10-15-13(19(14)2)8-9-23-15/h4-10H,3H2,1-2H3,(H,18,20). The number of nitrogens with one attached hydrogen (secondary N) is 1. The summed E-state index contributed by atoms with van der Waals surface area (Å²) >= 11 is 0. The van der Waals surface area contributed by atoms with Gasteiger partial charge in [-0.25, -0.2) is 4.79 Å². The lowest BCUT2D eigenvalue weighted by molar-refractivity contribution is 0.0526. The minimum atomic E-state index is -0.381. The van der Waals surface area contributed by atoms with Crippen molar-refractivity contribution in [3.05, 3.63) is 53.9 Å². The molecule has 1 N–H and O–H groups in total. The van der Waals surface area contributed by atoms with Crippen molar-refractivity contribution in [2.45, 2.75) is 6.92 Å². The number of nitrogens with zero attached hydrogens (tertiary/aromatic N) is 1. The number of hydrogen-bond donors (Lipinski definition) is 1. The molecule has 0 radical (unpaired) electrons. The molecule has 0 aliphatic carbocycles. The number of aromatic nitrogens is 1. The number of furan rings is 1. The van der Waals surface area contributed by atoms with Crippen LogP contribution in [0.15, 0.2) is 47.1 Å². The maximum absolute atomic E-state index is 12.4. The third-order valence-corrected chi connectivity index (χ3v) is 3.55. The monoisotopic (exact) mass is 312 g/mol. The van der Waals surface area contributed by atoms with E-state index in [2.05, 4.69) is 5.32 Å². The molecule has 6 heteroatoms. The molecule has 6 nitrogen and oxygen atoms in total. The van der Waals surface area contributed by atoms with Crippen molar-refractivity contribution in [2.75, 3.05) is 11.9 Å². The quantitative estimate of drug-likeness (QED) is 0.751. The van der Waals surface area contributed by atoms with Crippen LogP contribution in [-0.2, 0) is 11.8 Å². The van der Waals surface area contributed by atoms with Crippen LogP contribution in [0.2, 0.25) is 0 Å². The molecule has 3 rings (SSSR count). The van der Waals surface area contributed by atoms with Gasteiger partial charge in [0.2, 0.25) is 0 Å². The fraction of sp³-hybridized carbons (Fsp3) is 0.176. The summed E-state index contributed by atoms with van der Waals surface area (Å²) in [5.74, 6) is -0.629. The highest BCUT2D eigenvalue weighted by Crippen LogP contribution is 2.20. The van der Waals surface area contributed by atoms with E-state index in [4.69, 9.17) is 9.15 Å². The van der Waals surface area contributed by atoms with Crippen molar-refractivity contribution < 1.29 is 18.7 Å². The van der Waals surface area contributed by atoms with E-state index < -0.39 is 0 Å². The van der Waals surface area contributed by atoms with E-state index in [0.717, 1.165) is 5.52 Å². The molecule has 118 valence electrons. The van der Waals surface area contributed by atoms with Gasteiger partial charge in [0.1, 0.15) is 5.69 Å². The molecule has 0 atom stereocenters.